The van der Waals surface area contributed by atoms with Crippen LogP contribution in [0.5, 0.6) is 5.75 Å². The van der Waals surface area contributed by atoms with Gasteiger partial charge in [-0.3, -0.25) is 4.57 Å². The number of ether oxygens (including phenoxy) is 4. The molecule has 0 spiro atoms. The van der Waals surface area contributed by atoms with Gasteiger partial charge >= 0.3 is 0 Å². The molecule has 3 aromatic rings. The first kappa shape index (κ1) is 20.1. The van der Waals surface area contributed by atoms with Crippen LogP contribution < -0.4 is 10.1 Å². The van der Waals surface area contributed by atoms with Crippen molar-refractivity contribution in [3.05, 3.63) is 42.5 Å². The molecule has 0 bridgehead atoms. The van der Waals surface area contributed by atoms with Crippen LogP contribution in [-0.4, -0.2) is 62.4 Å². The normalized spacial score (nSPS) is 26.8. The van der Waals surface area contributed by atoms with Gasteiger partial charge in [0.15, 0.2) is 29.0 Å². The fourth-order valence-electron chi connectivity index (χ4n) is 4.13. The number of benzene rings is 1. The predicted octanol–water partition coefficient (Wildman–Crippen LogP) is 1.86. The van der Waals surface area contributed by atoms with E-state index < -0.39 is 18.1 Å². The largest absolute Gasteiger partial charge is 0.497 e. The van der Waals surface area contributed by atoms with E-state index in [1.165, 1.54) is 6.33 Å². The number of nitrogens with one attached hydrogen (secondary N) is 1. The number of methoxy groups -OCH3 is 1. The minimum atomic E-state index is -0.749. The Morgan fingerprint density at radius 1 is 1.13 bits per heavy atom. The Balaban J connectivity index is 1.40. The Kier molecular flexibility index (Phi) is 5.01. The number of fused-ring (bicyclic) bond motifs is 2. The zero-order valence-corrected chi connectivity index (χ0v) is 17.6. The molecular formula is C21H25N5O5. The summed E-state index contributed by atoms with van der Waals surface area (Å²) in [5.41, 5.74) is 2.32. The quantitative estimate of drug-likeness (QED) is 0.608. The number of hydrogen-bond donors (Lipinski definition) is 2. The molecule has 2 aliphatic rings. The Hall–Kier alpha value is -2.79. The summed E-state index contributed by atoms with van der Waals surface area (Å²) in [6.45, 7) is 4.12. The molecule has 4 atom stereocenters. The second-order valence-corrected chi connectivity index (χ2v) is 8.06. The van der Waals surface area contributed by atoms with Crippen LogP contribution in [-0.2, 0) is 20.8 Å². The zero-order valence-electron chi connectivity index (χ0n) is 17.6. The summed E-state index contributed by atoms with van der Waals surface area (Å²) in [6, 6.07) is 7.81. The van der Waals surface area contributed by atoms with Crippen molar-refractivity contribution in [1.29, 1.82) is 0 Å². The summed E-state index contributed by atoms with van der Waals surface area (Å²) in [5, 5.41) is 13.1. The van der Waals surface area contributed by atoms with Gasteiger partial charge in [-0.05, 0) is 31.5 Å². The average Bonchev–Trinajstić information content (AvgIpc) is 3.43. The van der Waals surface area contributed by atoms with Crippen molar-refractivity contribution < 1.29 is 24.1 Å². The van der Waals surface area contributed by atoms with Crippen molar-refractivity contribution in [1.82, 2.24) is 19.5 Å². The smallest absolute Gasteiger partial charge is 0.167 e. The van der Waals surface area contributed by atoms with E-state index in [0.29, 0.717) is 23.5 Å². The third-order valence-corrected chi connectivity index (χ3v) is 5.56. The van der Waals surface area contributed by atoms with Gasteiger partial charge < -0.3 is 29.4 Å². The number of rotatable bonds is 6. The number of imidazole rings is 1. The third-order valence-electron chi connectivity index (χ3n) is 5.56. The van der Waals surface area contributed by atoms with E-state index in [4.69, 9.17) is 18.9 Å². The van der Waals surface area contributed by atoms with E-state index in [1.807, 2.05) is 42.7 Å². The molecule has 2 fully saturated rings. The van der Waals surface area contributed by atoms with Gasteiger partial charge in [-0.25, -0.2) is 15.0 Å². The van der Waals surface area contributed by atoms with Crippen LogP contribution >= 0.6 is 0 Å². The van der Waals surface area contributed by atoms with Crippen molar-refractivity contribution in [3.8, 4) is 5.75 Å². The Bertz CT molecular complexity index is 1070. The van der Waals surface area contributed by atoms with Gasteiger partial charge in [0, 0.05) is 6.54 Å². The van der Waals surface area contributed by atoms with Gasteiger partial charge in [-0.1, -0.05) is 12.1 Å². The molecule has 1 aromatic carbocycles. The highest BCUT2D eigenvalue weighted by molar-refractivity contribution is 5.82. The second-order valence-electron chi connectivity index (χ2n) is 8.06. The van der Waals surface area contributed by atoms with Crippen LogP contribution in [0.1, 0.15) is 25.6 Å². The molecule has 2 aromatic heterocycles. The lowest BCUT2D eigenvalue weighted by Crippen LogP contribution is -2.31. The van der Waals surface area contributed by atoms with Crippen LogP contribution in [0.15, 0.2) is 36.9 Å². The zero-order chi connectivity index (χ0) is 21.6. The molecule has 10 nitrogen and oxygen atoms in total. The molecule has 0 amide bonds. The lowest BCUT2D eigenvalue weighted by atomic mass is 10.1. The number of anilines is 1. The van der Waals surface area contributed by atoms with E-state index in [-0.39, 0.29) is 18.8 Å². The molecule has 31 heavy (non-hydrogen) atoms. The van der Waals surface area contributed by atoms with Crippen LogP contribution in [0.25, 0.3) is 11.2 Å². The first-order chi connectivity index (χ1) is 15.0. The van der Waals surface area contributed by atoms with Crippen LogP contribution in [0, 0.1) is 0 Å². The lowest BCUT2D eigenvalue weighted by Gasteiger charge is -2.24. The predicted molar refractivity (Wildman–Crippen MR) is 110 cm³/mol. The Morgan fingerprint density at radius 2 is 1.90 bits per heavy atom. The van der Waals surface area contributed by atoms with Crippen molar-refractivity contribution in [2.45, 2.75) is 50.7 Å². The highest BCUT2D eigenvalue weighted by Gasteiger charge is 2.55. The van der Waals surface area contributed by atoms with E-state index >= 15 is 0 Å². The van der Waals surface area contributed by atoms with Crippen molar-refractivity contribution >= 4 is 17.0 Å². The first-order valence-electron chi connectivity index (χ1n) is 10.2. The van der Waals surface area contributed by atoms with Gasteiger partial charge in [0.1, 0.15) is 30.4 Å². The molecule has 2 unspecified atom stereocenters. The van der Waals surface area contributed by atoms with Gasteiger partial charge in [-0.15, -0.1) is 0 Å². The van der Waals surface area contributed by atoms with E-state index in [0.717, 1.165) is 11.3 Å². The summed E-state index contributed by atoms with van der Waals surface area (Å²) in [4.78, 5) is 13.3. The van der Waals surface area contributed by atoms with Crippen molar-refractivity contribution in [2.24, 2.45) is 0 Å². The maximum atomic E-state index is 9.74. The summed E-state index contributed by atoms with van der Waals surface area (Å²) < 4.78 is 25.1. The molecule has 0 radical (unpaired) electrons. The molecule has 164 valence electrons. The molecule has 0 saturated carbocycles. The Labute approximate surface area is 179 Å². The van der Waals surface area contributed by atoms with Gasteiger partial charge in [0.2, 0.25) is 0 Å². The average molecular weight is 427 g/mol. The molecule has 10 heteroatoms. The van der Waals surface area contributed by atoms with Gasteiger partial charge in [0.25, 0.3) is 0 Å². The molecule has 2 aliphatic heterocycles. The highest BCUT2D eigenvalue weighted by atomic mass is 16.8. The second kappa shape index (κ2) is 7.72. The van der Waals surface area contributed by atoms with E-state index in [1.54, 1.807) is 13.4 Å². The summed E-state index contributed by atoms with van der Waals surface area (Å²) in [5.74, 6) is 0.683. The minimum Gasteiger partial charge on any atom is -0.497 e. The van der Waals surface area contributed by atoms with Gasteiger partial charge in [0.05, 0.1) is 20.0 Å². The molecule has 5 rings (SSSR count). The van der Waals surface area contributed by atoms with Crippen molar-refractivity contribution in [2.75, 3.05) is 19.0 Å². The summed E-state index contributed by atoms with van der Waals surface area (Å²) >= 11 is 0. The van der Waals surface area contributed by atoms with Crippen molar-refractivity contribution in [3.63, 3.8) is 0 Å². The number of nitrogens with zero attached hydrogens (tertiary/aromatic N) is 4. The fourth-order valence-corrected chi connectivity index (χ4v) is 4.13. The number of aliphatic hydroxyl groups is 1. The Morgan fingerprint density at radius 3 is 2.65 bits per heavy atom. The van der Waals surface area contributed by atoms with Crippen LogP contribution in [0.4, 0.5) is 5.82 Å². The lowest BCUT2D eigenvalue weighted by molar-refractivity contribution is -0.199. The third kappa shape index (κ3) is 3.61. The van der Waals surface area contributed by atoms with E-state index in [9.17, 15) is 5.11 Å². The topological polar surface area (TPSA) is 113 Å². The highest BCUT2D eigenvalue weighted by Crippen LogP contribution is 2.43. The monoisotopic (exact) mass is 427 g/mol. The molecule has 4 heterocycles. The maximum Gasteiger partial charge on any atom is 0.167 e. The number of aliphatic hydroxyl groups excluding tert-OH is 1. The molecular weight excluding hydrogens is 402 g/mol. The molecule has 2 saturated heterocycles. The summed E-state index contributed by atoms with van der Waals surface area (Å²) in [6.07, 6.45) is 1.41. The maximum absolute atomic E-state index is 9.74. The number of hydrogen-bond acceptors (Lipinski definition) is 9. The summed E-state index contributed by atoms with van der Waals surface area (Å²) in [7, 11) is 1.64. The van der Waals surface area contributed by atoms with E-state index in [2.05, 4.69) is 20.3 Å². The molecule has 2 N–H and O–H groups in total. The van der Waals surface area contributed by atoms with Crippen LogP contribution in [0.3, 0.4) is 0 Å². The SMILES string of the molecule is COc1ccc(CNc2ncnc3c2ncn3[C@@H]2O[C@H](CO)C3OC(C)(C)OC32)cc1. The standard InChI is InChI=1S/C21H25N5O5/c1-21(2)30-16-14(9-27)29-20(17(16)31-21)26-11-25-15-18(23-10-24-19(15)26)22-8-12-4-6-13(28-3)7-5-12/h4-7,10-11,14,16-17,20,27H,8-9H2,1-3H3,(H,22,23,24)/t14-,16?,17?,20-/m1/s1. The first-order valence-corrected chi connectivity index (χ1v) is 10.2. The number of aromatic nitrogens is 4. The minimum absolute atomic E-state index is 0.159. The van der Waals surface area contributed by atoms with Gasteiger partial charge in [-0.2, -0.15) is 0 Å². The fraction of sp³-hybridized carbons (Fsp3) is 0.476. The van der Waals surface area contributed by atoms with Crippen LogP contribution in [0.2, 0.25) is 0 Å². The molecule has 0 aliphatic carbocycles.